The van der Waals surface area contributed by atoms with Gasteiger partial charge >= 0.3 is 5.97 Å². The Kier molecular flexibility index (Phi) is 7.59. The van der Waals surface area contributed by atoms with E-state index in [4.69, 9.17) is 9.47 Å². The number of hydrogen-bond acceptors (Lipinski definition) is 4. The van der Waals surface area contributed by atoms with Crippen LogP contribution in [0.5, 0.6) is 5.75 Å². The maximum Gasteiger partial charge on any atom is 0.306 e. The first kappa shape index (κ1) is 18.3. The number of ether oxygens (including phenoxy) is 2. The molecule has 1 aliphatic rings. The third kappa shape index (κ3) is 6.60. The highest BCUT2D eigenvalue weighted by molar-refractivity contribution is 5.92. The normalized spacial score (nSPS) is 14.9. The van der Waals surface area contributed by atoms with Crippen molar-refractivity contribution in [3.05, 3.63) is 24.3 Å². The topological polar surface area (TPSA) is 64.6 Å². The summed E-state index contributed by atoms with van der Waals surface area (Å²) in [6.45, 7) is -0.251. The van der Waals surface area contributed by atoms with Crippen molar-refractivity contribution in [2.24, 2.45) is 5.92 Å². The van der Waals surface area contributed by atoms with E-state index in [1.807, 2.05) is 0 Å². The lowest BCUT2D eigenvalue weighted by atomic mass is 9.86. The number of hydrogen-bond donors (Lipinski definition) is 1. The molecule has 24 heavy (non-hydrogen) atoms. The maximum absolute atomic E-state index is 11.8. The molecule has 2 rings (SSSR count). The van der Waals surface area contributed by atoms with Gasteiger partial charge in [-0.15, -0.1) is 0 Å². The van der Waals surface area contributed by atoms with E-state index in [-0.39, 0.29) is 18.5 Å². The number of benzene rings is 1. The monoisotopic (exact) mass is 333 g/mol. The van der Waals surface area contributed by atoms with Gasteiger partial charge in [0.2, 0.25) is 0 Å². The molecule has 1 saturated carbocycles. The van der Waals surface area contributed by atoms with E-state index in [1.165, 1.54) is 32.1 Å². The standard InChI is InChI=1S/C19H27NO4/c1-23-17-11-6-10-16(13-17)20-18(21)14-24-19(22)12-5-9-15-7-3-2-4-8-15/h6,10-11,13,15H,2-5,7-9,12,14H2,1H3,(H,20,21). The first-order valence-electron chi connectivity index (χ1n) is 8.77. The highest BCUT2D eigenvalue weighted by Gasteiger charge is 2.14. The molecule has 1 N–H and O–H groups in total. The molecule has 5 nitrogen and oxygen atoms in total. The molecule has 1 aromatic carbocycles. The molecule has 1 amide bonds. The third-order valence-corrected chi connectivity index (χ3v) is 4.44. The molecule has 0 unspecified atom stereocenters. The number of esters is 1. The zero-order valence-electron chi connectivity index (χ0n) is 14.4. The first-order valence-corrected chi connectivity index (χ1v) is 8.77. The molecular formula is C19H27NO4. The van der Waals surface area contributed by atoms with Crippen LogP contribution in [-0.4, -0.2) is 25.6 Å². The van der Waals surface area contributed by atoms with Crippen molar-refractivity contribution < 1.29 is 19.1 Å². The molecule has 0 radical (unpaired) electrons. The van der Waals surface area contributed by atoms with Gasteiger partial charge in [0, 0.05) is 18.2 Å². The Bertz CT molecular complexity index is 538. The van der Waals surface area contributed by atoms with Gasteiger partial charge < -0.3 is 14.8 Å². The lowest BCUT2D eigenvalue weighted by Crippen LogP contribution is -2.20. The Morgan fingerprint density at radius 3 is 2.75 bits per heavy atom. The minimum absolute atomic E-state index is 0.251. The summed E-state index contributed by atoms with van der Waals surface area (Å²) < 4.78 is 10.1. The SMILES string of the molecule is COc1cccc(NC(=O)COC(=O)CCCC2CCCCC2)c1. The first-order chi connectivity index (χ1) is 11.7. The van der Waals surface area contributed by atoms with E-state index >= 15 is 0 Å². The van der Waals surface area contributed by atoms with Crippen molar-refractivity contribution in [2.45, 2.75) is 51.4 Å². The summed E-state index contributed by atoms with van der Waals surface area (Å²) in [7, 11) is 1.57. The molecule has 0 atom stereocenters. The highest BCUT2D eigenvalue weighted by atomic mass is 16.5. The van der Waals surface area contributed by atoms with Gasteiger partial charge in [-0.05, 0) is 30.9 Å². The molecule has 1 aromatic rings. The van der Waals surface area contributed by atoms with Crippen LogP contribution in [0, 0.1) is 5.92 Å². The van der Waals surface area contributed by atoms with Crippen molar-refractivity contribution >= 4 is 17.6 Å². The second-order valence-corrected chi connectivity index (χ2v) is 6.34. The summed E-state index contributed by atoms with van der Waals surface area (Å²) in [6, 6.07) is 7.05. The highest BCUT2D eigenvalue weighted by Crippen LogP contribution is 2.27. The second kappa shape index (κ2) is 9.96. The zero-order valence-corrected chi connectivity index (χ0v) is 14.4. The Morgan fingerprint density at radius 2 is 2.00 bits per heavy atom. The number of methoxy groups -OCH3 is 1. The van der Waals surface area contributed by atoms with Gasteiger partial charge in [0.25, 0.3) is 5.91 Å². The van der Waals surface area contributed by atoms with E-state index in [0.29, 0.717) is 17.9 Å². The van der Waals surface area contributed by atoms with Gasteiger partial charge in [-0.25, -0.2) is 0 Å². The minimum atomic E-state index is -0.344. The number of anilines is 1. The molecular weight excluding hydrogens is 306 g/mol. The van der Waals surface area contributed by atoms with Crippen LogP contribution < -0.4 is 10.1 Å². The fourth-order valence-electron chi connectivity index (χ4n) is 3.13. The zero-order chi connectivity index (χ0) is 17.2. The lowest BCUT2D eigenvalue weighted by molar-refractivity contribution is -0.147. The van der Waals surface area contributed by atoms with E-state index in [0.717, 1.165) is 18.8 Å². The minimum Gasteiger partial charge on any atom is -0.497 e. The summed E-state index contributed by atoms with van der Waals surface area (Å²) in [5, 5.41) is 2.68. The van der Waals surface area contributed by atoms with Gasteiger partial charge in [-0.3, -0.25) is 9.59 Å². The average molecular weight is 333 g/mol. The molecule has 0 bridgehead atoms. The number of nitrogens with one attached hydrogen (secondary N) is 1. The fourth-order valence-corrected chi connectivity index (χ4v) is 3.13. The summed E-state index contributed by atoms with van der Waals surface area (Å²) in [5.74, 6) is 0.783. The molecule has 0 saturated heterocycles. The summed E-state index contributed by atoms with van der Waals surface area (Å²) in [5.41, 5.74) is 0.618. The van der Waals surface area contributed by atoms with Crippen molar-refractivity contribution in [1.82, 2.24) is 0 Å². The van der Waals surface area contributed by atoms with Crippen LogP contribution in [-0.2, 0) is 14.3 Å². The van der Waals surface area contributed by atoms with Gasteiger partial charge in [-0.2, -0.15) is 0 Å². The smallest absolute Gasteiger partial charge is 0.306 e. The van der Waals surface area contributed by atoms with Gasteiger partial charge in [0.1, 0.15) is 5.75 Å². The van der Waals surface area contributed by atoms with Crippen LogP contribution in [0.15, 0.2) is 24.3 Å². The van der Waals surface area contributed by atoms with Gasteiger partial charge in [0.15, 0.2) is 6.61 Å². The second-order valence-electron chi connectivity index (χ2n) is 6.34. The lowest BCUT2D eigenvalue weighted by Gasteiger charge is -2.20. The molecule has 132 valence electrons. The number of amides is 1. The van der Waals surface area contributed by atoms with E-state index in [9.17, 15) is 9.59 Å². The Balaban J connectivity index is 1.61. The number of rotatable bonds is 8. The predicted molar refractivity (Wildman–Crippen MR) is 93.0 cm³/mol. The van der Waals surface area contributed by atoms with Crippen molar-refractivity contribution in [2.75, 3.05) is 19.0 Å². The molecule has 1 aliphatic carbocycles. The van der Waals surface area contributed by atoms with Crippen LogP contribution >= 0.6 is 0 Å². The molecule has 0 aliphatic heterocycles. The summed E-state index contributed by atoms with van der Waals surface area (Å²) in [4.78, 5) is 23.5. The predicted octanol–water partition coefficient (Wildman–Crippen LogP) is 3.93. The summed E-state index contributed by atoms with van der Waals surface area (Å²) >= 11 is 0. The van der Waals surface area contributed by atoms with Crippen LogP contribution in [0.25, 0.3) is 0 Å². The quantitative estimate of drug-likeness (QED) is 0.732. The van der Waals surface area contributed by atoms with E-state index in [1.54, 1.807) is 31.4 Å². The third-order valence-electron chi connectivity index (χ3n) is 4.44. The molecule has 0 heterocycles. The van der Waals surface area contributed by atoms with Gasteiger partial charge in [-0.1, -0.05) is 38.2 Å². The van der Waals surface area contributed by atoms with E-state index < -0.39 is 0 Å². The van der Waals surface area contributed by atoms with E-state index in [2.05, 4.69) is 5.32 Å². The molecule has 0 spiro atoms. The molecule has 0 aromatic heterocycles. The Hall–Kier alpha value is -2.04. The Labute approximate surface area is 143 Å². The Morgan fingerprint density at radius 1 is 1.21 bits per heavy atom. The fraction of sp³-hybridized carbons (Fsp3) is 0.579. The van der Waals surface area contributed by atoms with Crippen LogP contribution in [0.3, 0.4) is 0 Å². The van der Waals surface area contributed by atoms with Crippen LogP contribution in [0.1, 0.15) is 51.4 Å². The van der Waals surface area contributed by atoms with Crippen molar-refractivity contribution in [3.8, 4) is 5.75 Å². The number of carbonyl (C=O) groups excluding carboxylic acids is 2. The molecule has 1 fully saturated rings. The van der Waals surface area contributed by atoms with Crippen LogP contribution in [0.4, 0.5) is 5.69 Å². The van der Waals surface area contributed by atoms with Crippen molar-refractivity contribution in [1.29, 1.82) is 0 Å². The van der Waals surface area contributed by atoms with Crippen molar-refractivity contribution in [3.63, 3.8) is 0 Å². The average Bonchev–Trinajstić information content (AvgIpc) is 2.61. The largest absolute Gasteiger partial charge is 0.497 e. The van der Waals surface area contributed by atoms with Crippen LogP contribution in [0.2, 0.25) is 0 Å². The number of carbonyl (C=O) groups is 2. The molecule has 5 heteroatoms. The summed E-state index contributed by atoms with van der Waals surface area (Å²) in [6.07, 6.45) is 8.89. The van der Waals surface area contributed by atoms with Gasteiger partial charge in [0.05, 0.1) is 7.11 Å². The maximum atomic E-state index is 11.8.